The highest BCUT2D eigenvalue weighted by Crippen LogP contribution is 2.37. The molecule has 0 spiro atoms. The molecule has 0 aliphatic heterocycles. The van der Waals surface area contributed by atoms with Gasteiger partial charge in [0.25, 0.3) is 0 Å². The van der Waals surface area contributed by atoms with Crippen LogP contribution in [-0.2, 0) is 4.79 Å². The summed E-state index contributed by atoms with van der Waals surface area (Å²) in [6.07, 6.45) is 10.2. The van der Waals surface area contributed by atoms with Crippen LogP contribution in [0.15, 0.2) is 30.7 Å². The van der Waals surface area contributed by atoms with Crippen LogP contribution in [0.2, 0.25) is 0 Å². The van der Waals surface area contributed by atoms with Crippen molar-refractivity contribution in [1.82, 2.24) is 30.5 Å². The number of carbonyl (C=O) groups excluding carboxylic acids is 1. The third-order valence-electron chi connectivity index (χ3n) is 7.68. The molecular formula is C27H28F3N7O. The highest BCUT2D eigenvalue weighted by Gasteiger charge is 2.29. The molecule has 3 aromatic heterocycles. The third-order valence-corrected chi connectivity index (χ3v) is 7.68. The maximum Gasteiger partial charge on any atom is 0.223 e. The van der Waals surface area contributed by atoms with Gasteiger partial charge in [-0.1, -0.05) is 12.8 Å². The molecule has 2 fully saturated rings. The van der Waals surface area contributed by atoms with E-state index in [1.54, 1.807) is 0 Å². The van der Waals surface area contributed by atoms with Crippen molar-refractivity contribution in [2.75, 3.05) is 5.32 Å². The average molecular weight is 524 g/mol. The number of anilines is 1. The number of benzene rings is 1. The van der Waals surface area contributed by atoms with Crippen molar-refractivity contribution < 1.29 is 18.0 Å². The lowest BCUT2D eigenvalue weighted by Gasteiger charge is -2.31. The second-order valence-electron chi connectivity index (χ2n) is 10.2. The van der Waals surface area contributed by atoms with Crippen LogP contribution in [0.5, 0.6) is 0 Å². The zero-order chi connectivity index (χ0) is 26.2. The molecule has 198 valence electrons. The molecule has 0 bridgehead atoms. The van der Waals surface area contributed by atoms with E-state index in [9.17, 15) is 13.6 Å². The number of hydrogen-bond donors (Lipinski definition) is 4. The SMILES string of the molecule is O=C(N[C@@H]1CCC[C@H](Nc2nc(-c3c[nH]c4c(F)cc(F)cc34)c(-c3nc[nH]n3)cc2F)C1)C1CCCC1. The number of rotatable bonds is 6. The molecule has 6 rings (SSSR count). The minimum atomic E-state index is -0.737. The van der Waals surface area contributed by atoms with E-state index in [0.29, 0.717) is 12.0 Å². The van der Waals surface area contributed by atoms with E-state index >= 15 is 4.39 Å². The van der Waals surface area contributed by atoms with Gasteiger partial charge in [-0.15, -0.1) is 0 Å². The number of nitrogens with zero attached hydrogens (tertiary/aromatic N) is 3. The number of H-pyrrole nitrogens is 2. The van der Waals surface area contributed by atoms with Gasteiger partial charge in [0.15, 0.2) is 17.5 Å². The Hall–Kier alpha value is -3.89. The lowest BCUT2D eigenvalue weighted by atomic mass is 9.90. The van der Waals surface area contributed by atoms with E-state index in [-0.39, 0.29) is 57.7 Å². The fourth-order valence-electron chi connectivity index (χ4n) is 5.81. The Bertz CT molecular complexity index is 1460. The van der Waals surface area contributed by atoms with E-state index < -0.39 is 17.5 Å². The fourth-order valence-corrected chi connectivity index (χ4v) is 5.81. The Morgan fingerprint density at radius 3 is 2.55 bits per heavy atom. The van der Waals surface area contributed by atoms with Crippen LogP contribution in [0.1, 0.15) is 51.4 Å². The second-order valence-corrected chi connectivity index (χ2v) is 10.2. The van der Waals surface area contributed by atoms with Gasteiger partial charge in [-0.2, -0.15) is 5.10 Å². The van der Waals surface area contributed by atoms with Crippen LogP contribution in [-0.4, -0.2) is 43.1 Å². The monoisotopic (exact) mass is 523 g/mol. The first-order chi connectivity index (χ1) is 18.5. The molecule has 1 amide bonds. The van der Waals surface area contributed by atoms with Crippen LogP contribution >= 0.6 is 0 Å². The molecule has 38 heavy (non-hydrogen) atoms. The number of fused-ring (bicyclic) bond motifs is 1. The van der Waals surface area contributed by atoms with E-state index in [1.807, 2.05) is 0 Å². The van der Waals surface area contributed by atoms with Gasteiger partial charge in [0, 0.05) is 41.2 Å². The first-order valence-corrected chi connectivity index (χ1v) is 13.1. The molecule has 0 radical (unpaired) electrons. The van der Waals surface area contributed by atoms with Gasteiger partial charge >= 0.3 is 0 Å². The number of aromatic nitrogens is 5. The third kappa shape index (κ3) is 4.72. The minimum absolute atomic E-state index is 0.0176. The van der Waals surface area contributed by atoms with Gasteiger partial charge in [-0.25, -0.2) is 23.1 Å². The van der Waals surface area contributed by atoms with E-state index in [0.717, 1.165) is 51.0 Å². The number of hydrogen-bond acceptors (Lipinski definition) is 5. The number of carbonyl (C=O) groups is 1. The summed E-state index contributed by atoms with van der Waals surface area (Å²) in [4.78, 5) is 24.2. The van der Waals surface area contributed by atoms with Gasteiger partial charge in [-0.3, -0.25) is 9.89 Å². The summed E-state index contributed by atoms with van der Waals surface area (Å²) in [6.45, 7) is 0. The first kappa shape index (κ1) is 24.4. The maximum atomic E-state index is 15.4. The molecule has 11 heteroatoms. The van der Waals surface area contributed by atoms with Gasteiger partial charge in [0.05, 0.1) is 16.8 Å². The molecule has 1 aromatic carbocycles. The summed E-state index contributed by atoms with van der Waals surface area (Å²) < 4.78 is 43.9. The second kappa shape index (κ2) is 10.1. The predicted molar refractivity (Wildman–Crippen MR) is 137 cm³/mol. The van der Waals surface area contributed by atoms with Crippen molar-refractivity contribution in [3.8, 4) is 22.6 Å². The molecule has 4 N–H and O–H groups in total. The highest BCUT2D eigenvalue weighted by molar-refractivity contribution is 5.98. The molecular weight excluding hydrogens is 495 g/mol. The topological polar surface area (TPSA) is 111 Å². The number of halogens is 3. The molecule has 2 atom stereocenters. The zero-order valence-corrected chi connectivity index (χ0v) is 20.7. The van der Waals surface area contributed by atoms with Gasteiger partial charge in [0.1, 0.15) is 18.0 Å². The lowest BCUT2D eigenvalue weighted by Crippen LogP contribution is -2.43. The van der Waals surface area contributed by atoms with Gasteiger partial charge in [0.2, 0.25) is 5.91 Å². The molecule has 0 saturated heterocycles. The Morgan fingerprint density at radius 1 is 0.947 bits per heavy atom. The summed E-state index contributed by atoms with van der Waals surface area (Å²) in [5.41, 5.74) is 1.08. The molecule has 8 nitrogen and oxygen atoms in total. The smallest absolute Gasteiger partial charge is 0.223 e. The molecule has 0 unspecified atom stereocenters. The zero-order valence-electron chi connectivity index (χ0n) is 20.7. The van der Waals surface area contributed by atoms with Crippen molar-refractivity contribution >= 4 is 22.6 Å². The van der Waals surface area contributed by atoms with Crippen molar-refractivity contribution in [2.45, 2.75) is 63.5 Å². The summed E-state index contributed by atoms with van der Waals surface area (Å²) >= 11 is 0. The molecule has 2 aliphatic rings. The van der Waals surface area contributed by atoms with Crippen LogP contribution in [0.3, 0.4) is 0 Å². The molecule has 2 aliphatic carbocycles. The predicted octanol–water partition coefficient (Wildman–Crippen LogP) is 5.46. The minimum Gasteiger partial charge on any atom is -0.365 e. The quantitative estimate of drug-likeness (QED) is 0.268. The molecule has 3 heterocycles. The van der Waals surface area contributed by atoms with Crippen LogP contribution in [0, 0.1) is 23.4 Å². The summed E-state index contributed by atoms with van der Waals surface area (Å²) in [5, 5.41) is 13.4. The maximum absolute atomic E-state index is 15.4. The fraction of sp³-hybridized carbons (Fsp3) is 0.407. The Labute approximate surface area is 216 Å². The summed E-state index contributed by atoms with van der Waals surface area (Å²) in [7, 11) is 0. The van der Waals surface area contributed by atoms with E-state index in [4.69, 9.17) is 0 Å². The van der Waals surface area contributed by atoms with E-state index in [1.165, 1.54) is 24.7 Å². The molecule has 4 aromatic rings. The van der Waals surface area contributed by atoms with Crippen molar-refractivity contribution in [1.29, 1.82) is 0 Å². The standard InChI is InChI=1S/C27H28F3N7O/c28-15-8-18-20(12-31-24(18)21(29)9-15)23-19(25-32-13-33-37-25)11-22(30)26(36-23)34-16-6-3-7-17(10-16)35-27(38)14-4-1-2-5-14/h8-9,11-14,16-17,31H,1-7,10H2,(H,34,36)(H,35,38)(H,32,33,37)/t16-,17+/m0/s1. The average Bonchev–Trinajstić information content (AvgIpc) is 3.67. The van der Waals surface area contributed by atoms with Gasteiger partial charge < -0.3 is 15.6 Å². The Morgan fingerprint density at radius 2 is 1.76 bits per heavy atom. The Kier molecular flexibility index (Phi) is 6.50. The number of pyridine rings is 1. The van der Waals surface area contributed by atoms with Crippen LogP contribution < -0.4 is 10.6 Å². The summed E-state index contributed by atoms with van der Waals surface area (Å²) in [5.74, 6) is -1.62. The normalized spacial score (nSPS) is 20.2. The highest BCUT2D eigenvalue weighted by atomic mass is 19.1. The van der Waals surface area contributed by atoms with Crippen LogP contribution in [0.25, 0.3) is 33.5 Å². The number of aromatic amines is 2. The summed E-state index contributed by atoms with van der Waals surface area (Å²) in [6, 6.07) is 3.21. The molecule has 2 saturated carbocycles. The first-order valence-electron chi connectivity index (χ1n) is 13.1. The number of amides is 1. The van der Waals surface area contributed by atoms with Crippen molar-refractivity contribution in [2.24, 2.45) is 5.92 Å². The number of nitrogens with one attached hydrogen (secondary N) is 4. The van der Waals surface area contributed by atoms with E-state index in [2.05, 4.69) is 35.8 Å². The lowest BCUT2D eigenvalue weighted by molar-refractivity contribution is -0.125. The van der Waals surface area contributed by atoms with Crippen molar-refractivity contribution in [3.63, 3.8) is 0 Å². The van der Waals surface area contributed by atoms with Gasteiger partial charge in [-0.05, 0) is 50.7 Å². The Balaban J connectivity index is 1.31. The van der Waals surface area contributed by atoms with Crippen LogP contribution in [0.4, 0.5) is 19.0 Å². The van der Waals surface area contributed by atoms with Crippen molar-refractivity contribution in [3.05, 3.63) is 48.2 Å². The largest absolute Gasteiger partial charge is 0.365 e.